The summed E-state index contributed by atoms with van der Waals surface area (Å²) in [5.41, 5.74) is 3.94. The summed E-state index contributed by atoms with van der Waals surface area (Å²) in [6, 6.07) is 13.9. The van der Waals surface area contributed by atoms with E-state index < -0.39 is 0 Å². The SMILES string of the molecule is CNc1ccccc1-c1nc(-c2ccc(C)cc2Br)no1. The fourth-order valence-corrected chi connectivity index (χ4v) is 2.80. The second-order valence-corrected chi connectivity index (χ2v) is 5.56. The lowest BCUT2D eigenvalue weighted by Crippen LogP contribution is -1.91. The molecule has 1 heterocycles. The molecule has 0 radical (unpaired) electrons. The first-order valence-electron chi connectivity index (χ1n) is 6.56. The number of nitrogens with zero attached hydrogens (tertiary/aromatic N) is 2. The van der Waals surface area contributed by atoms with Gasteiger partial charge in [-0.05, 0) is 36.8 Å². The van der Waals surface area contributed by atoms with E-state index in [1.165, 1.54) is 5.56 Å². The first kappa shape index (κ1) is 13.8. The Balaban J connectivity index is 2.04. The van der Waals surface area contributed by atoms with Gasteiger partial charge < -0.3 is 9.84 Å². The summed E-state index contributed by atoms with van der Waals surface area (Å²) in [7, 11) is 1.87. The van der Waals surface area contributed by atoms with Crippen LogP contribution in [0.3, 0.4) is 0 Å². The molecular formula is C16H14BrN3O. The van der Waals surface area contributed by atoms with E-state index in [1.54, 1.807) is 0 Å². The number of aromatic nitrogens is 2. The number of nitrogens with one attached hydrogen (secondary N) is 1. The summed E-state index contributed by atoms with van der Waals surface area (Å²) in [5, 5.41) is 7.21. The van der Waals surface area contributed by atoms with Crippen molar-refractivity contribution in [3.8, 4) is 22.8 Å². The van der Waals surface area contributed by atoms with Gasteiger partial charge in [-0.15, -0.1) is 0 Å². The predicted octanol–water partition coefficient (Wildman–Crippen LogP) is 4.52. The van der Waals surface area contributed by atoms with Gasteiger partial charge in [0.1, 0.15) is 0 Å². The number of aryl methyl sites for hydroxylation is 1. The van der Waals surface area contributed by atoms with Crippen LogP contribution in [0.2, 0.25) is 0 Å². The molecule has 2 aromatic carbocycles. The van der Waals surface area contributed by atoms with Crippen molar-refractivity contribution in [2.45, 2.75) is 6.92 Å². The Labute approximate surface area is 131 Å². The number of para-hydroxylation sites is 1. The van der Waals surface area contributed by atoms with Crippen molar-refractivity contribution in [3.63, 3.8) is 0 Å². The molecule has 0 aliphatic carbocycles. The average molecular weight is 344 g/mol. The lowest BCUT2D eigenvalue weighted by atomic mass is 10.1. The van der Waals surface area contributed by atoms with E-state index in [-0.39, 0.29) is 0 Å². The zero-order valence-corrected chi connectivity index (χ0v) is 13.3. The Morgan fingerprint density at radius 1 is 1.10 bits per heavy atom. The summed E-state index contributed by atoms with van der Waals surface area (Å²) < 4.78 is 6.37. The quantitative estimate of drug-likeness (QED) is 0.759. The average Bonchev–Trinajstić information content (AvgIpc) is 2.96. The minimum atomic E-state index is 0.502. The van der Waals surface area contributed by atoms with Gasteiger partial charge in [-0.3, -0.25) is 0 Å². The van der Waals surface area contributed by atoms with Crippen LogP contribution < -0.4 is 5.32 Å². The monoisotopic (exact) mass is 343 g/mol. The molecule has 3 rings (SSSR count). The van der Waals surface area contributed by atoms with E-state index >= 15 is 0 Å². The highest BCUT2D eigenvalue weighted by molar-refractivity contribution is 9.10. The third-order valence-corrected chi connectivity index (χ3v) is 3.87. The van der Waals surface area contributed by atoms with Crippen molar-refractivity contribution in [1.29, 1.82) is 0 Å². The molecule has 0 atom stereocenters. The number of benzene rings is 2. The normalized spacial score (nSPS) is 10.6. The molecule has 0 unspecified atom stereocenters. The molecule has 0 fully saturated rings. The van der Waals surface area contributed by atoms with Crippen LogP contribution in [0, 0.1) is 6.92 Å². The minimum absolute atomic E-state index is 0.502. The van der Waals surface area contributed by atoms with Crippen LogP contribution in [0.1, 0.15) is 5.56 Å². The maximum absolute atomic E-state index is 5.41. The molecule has 0 spiro atoms. The lowest BCUT2D eigenvalue weighted by molar-refractivity contribution is 0.432. The molecule has 5 heteroatoms. The summed E-state index contributed by atoms with van der Waals surface area (Å²) in [4.78, 5) is 4.50. The number of halogens is 1. The lowest BCUT2D eigenvalue weighted by Gasteiger charge is -2.03. The standard InChI is InChI=1S/C16H14BrN3O/c1-10-7-8-11(13(17)9-10)15-19-16(21-20-15)12-5-3-4-6-14(12)18-2/h3-9,18H,1-2H3. The Morgan fingerprint density at radius 2 is 1.90 bits per heavy atom. The van der Waals surface area contributed by atoms with Crippen molar-refractivity contribution in [3.05, 3.63) is 52.5 Å². The summed E-state index contributed by atoms with van der Waals surface area (Å²) in [6.07, 6.45) is 0. The molecular weight excluding hydrogens is 330 g/mol. The van der Waals surface area contributed by atoms with E-state index in [0.717, 1.165) is 21.3 Å². The van der Waals surface area contributed by atoms with Crippen LogP contribution in [0.25, 0.3) is 22.8 Å². The fraction of sp³-hybridized carbons (Fsp3) is 0.125. The Kier molecular flexibility index (Phi) is 3.75. The summed E-state index contributed by atoms with van der Waals surface area (Å²) in [5.74, 6) is 1.07. The molecule has 21 heavy (non-hydrogen) atoms. The first-order valence-corrected chi connectivity index (χ1v) is 7.35. The second kappa shape index (κ2) is 5.69. The predicted molar refractivity (Wildman–Crippen MR) is 87.2 cm³/mol. The van der Waals surface area contributed by atoms with Gasteiger partial charge in [0.05, 0.1) is 5.56 Å². The molecule has 4 nitrogen and oxygen atoms in total. The van der Waals surface area contributed by atoms with Crippen molar-refractivity contribution in [2.75, 3.05) is 12.4 Å². The van der Waals surface area contributed by atoms with Gasteiger partial charge in [0, 0.05) is 22.8 Å². The zero-order chi connectivity index (χ0) is 14.8. The fourth-order valence-electron chi connectivity index (χ4n) is 2.13. The highest BCUT2D eigenvalue weighted by Gasteiger charge is 2.15. The number of hydrogen-bond acceptors (Lipinski definition) is 4. The third kappa shape index (κ3) is 2.69. The largest absolute Gasteiger partial charge is 0.387 e. The van der Waals surface area contributed by atoms with Gasteiger partial charge in [-0.2, -0.15) is 4.98 Å². The van der Waals surface area contributed by atoms with E-state index in [2.05, 4.69) is 31.4 Å². The van der Waals surface area contributed by atoms with Crippen LogP contribution in [0.4, 0.5) is 5.69 Å². The summed E-state index contributed by atoms with van der Waals surface area (Å²) >= 11 is 3.54. The van der Waals surface area contributed by atoms with Crippen molar-refractivity contribution in [1.82, 2.24) is 10.1 Å². The van der Waals surface area contributed by atoms with Crippen LogP contribution >= 0.6 is 15.9 Å². The maximum atomic E-state index is 5.41. The highest BCUT2D eigenvalue weighted by Crippen LogP contribution is 2.31. The highest BCUT2D eigenvalue weighted by atomic mass is 79.9. The van der Waals surface area contributed by atoms with Crippen LogP contribution in [-0.4, -0.2) is 17.2 Å². The molecule has 0 saturated carbocycles. The molecule has 1 aromatic heterocycles. The van der Waals surface area contributed by atoms with E-state index in [4.69, 9.17) is 4.52 Å². The van der Waals surface area contributed by atoms with Gasteiger partial charge in [-0.1, -0.05) is 39.3 Å². The minimum Gasteiger partial charge on any atom is -0.387 e. The number of rotatable bonds is 3. The smallest absolute Gasteiger partial charge is 0.260 e. The third-order valence-electron chi connectivity index (χ3n) is 3.22. The van der Waals surface area contributed by atoms with Crippen molar-refractivity contribution in [2.24, 2.45) is 0 Å². The van der Waals surface area contributed by atoms with Crippen LogP contribution in [0.5, 0.6) is 0 Å². The second-order valence-electron chi connectivity index (χ2n) is 4.70. The van der Waals surface area contributed by atoms with Crippen LogP contribution in [0.15, 0.2) is 51.5 Å². The van der Waals surface area contributed by atoms with E-state index in [9.17, 15) is 0 Å². The van der Waals surface area contributed by atoms with Crippen LogP contribution in [-0.2, 0) is 0 Å². The Bertz CT molecular complexity index is 783. The first-order chi connectivity index (χ1) is 10.2. The Morgan fingerprint density at radius 3 is 2.67 bits per heavy atom. The molecule has 3 aromatic rings. The molecule has 0 saturated heterocycles. The van der Waals surface area contributed by atoms with Crippen molar-refractivity contribution >= 4 is 21.6 Å². The molecule has 1 N–H and O–H groups in total. The molecule has 0 amide bonds. The van der Waals surface area contributed by atoms with Gasteiger partial charge in [0.15, 0.2) is 0 Å². The molecule has 0 bridgehead atoms. The zero-order valence-electron chi connectivity index (χ0n) is 11.7. The Hall–Kier alpha value is -2.14. The number of hydrogen-bond donors (Lipinski definition) is 1. The topological polar surface area (TPSA) is 51.0 Å². The van der Waals surface area contributed by atoms with Crippen molar-refractivity contribution < 1.29 is 4.52 Å². The molecule has 0 aliphatic rings. The van der Waals surface area contributed by atoms with Gasteiger partial charge >= 0.3 is 0 Å². The van der Waals surface area contributed by atoms with E-state index in [1.807, 2.05) is 56.4 Å². The van der Waals surface area contributed by atoms with Gasteiger partial charge in [0.2, 0.25) is 5.82 Å². The molecule has 106 valence electrons. The number of anilines is 1. The maximum Gasteiger partial charge on any atom is 0.260 e. The van der Waals surface area contributed by atoms with Gasteiger partial charge in [0.25, 0.3) is 5.89 Å². The van der Waals surface area contributed by atoms with Gasteiger partial charge in [-0.25, -0.2) is 0 Å². The molecule has 0 aliphatic heterocycles. The van der Waals surface area contributed by atoms with E-state index in [0.29, 0.717) is 11.7 Å². The summed E-state index contributed by atoms with van der Waals surface area (Å²) in [6.45, 7) is 2.04.